The molecule has 1 atom stereocenters. The van der Waals surface area contributed by atoms with E-state index in [9.17, 15) is 9.59 Å². The number of ether oxygens (including phenoxy) is 1. The standard InChI is InChI=1S/C20H20N2O4S2/c1-3-20(2)9-13-14(10-26-20)28-17-16(13)18(25)22(12-7-5-4-6-8-12)19(21-17)27-11-15(23)24/h4-8H,3,9-11H2,1-2H3,(H,23,24). The molecule has 1 aliphatic rings. The van der Waals surface area contributed by atoms with Crippen molar-refractivity contribution in [3.05, 3.63) is 51.1 Å². The Labute approximate surface area is 170 Å². The third-order valence-corrected chi connectivity index (χ3v) is 7.09. The molecule has 6 nitrogen and oxygen atoms in total. The lowest BCUT2D eigenvalue weighted by atomic mass is 9.90. The van der Waals surface area contributed by atoms with Crippen LogP contribution in [0.1, 0.15) is 30.7 Å². The number of benzene rings is 1. The van der Waals surface area contributed by atoms with Crippen molar-refractivity contribution in [3.8, 4) is 5.69 Å². The van der Waals surface area contributed by atoms with Crippen molar-refractivity contribution < 1.29 is 14.6 Å². The fraction of sp³-hybridized carbons (Fsp3) is 0.350. The number of thioether (sulfide) groups is 1. The fourth-order valence-electron chi connectivity index (χ4n) is 3.36. The molecular formula is C20H20N2O4S2. The van der Waals surface area contributed by atoms with E-state index in [-0.39, 0.29) is 16.9 Å². The Morgan fingerprint density at radius 2 is 2.14 bits per heavy atom. The highest BCUT2D eigenvalue weighted by molar-refractivity contribution is 7.99. The van der Waals surface area contributed by atoms with E-state index in [1.807, 2.05) is 30.3 Å². The van der Waals surface area contributed by atoms with Gasteiger partial charge < -0.3 is 9.84 Å². The van der Waals surface area contributed by atoms with Gasteiger partial charge in [-0.3, -0.25) is 14.2 Å². The van der Waals surface area contributed by atoms with Crippen LogP contribution in [0.4, 0.5) is 0 Å². The molecule has 8 heteroatoms. The maximum Gasteiger partial charge on any atom is 0.313 e. The van der Waals surface area contributed by atoms with Gasteiger partial charge in [0.05, 0.1) is 29.0 Å². The number of para-hydroxylation sites is 1. The minimum atomic E-state index is -0.948. The van der Waals surface area contributed by atoms with Crippen molar-refractivity contribution in [1.82, 2.24) is 9.55 Å². The van der Waals surface area contributed by atoms with Gasteiger partial charge in [0.25, 0.3) is 5.56 Å². The molecule has 0 bridgehead atoms. The summed E-state index contributed by atoms with van der Waals surface area (Å²) in [6.07, 6.45) is 1.53. The lowest BCUT2D eigenvalue weighted by Crippen LogP contribution is -2.34. The van der Waals surface area contributed by atoms with Crippen LogP contribution in [-0.2, 0) is 22.6 Å². The largest absolute Gasteiger partial charge is 0.481 e. The average molecular weight is 417 g/mol. The minimum Gasteiger partial charge on any atom is -0.481 e. The highest BCUT2D eigenvalue weighted by Gasteiger charge is 2.33. The molecule has 1 aromatic carbocycles. The predicted molar refractivity (Wildman–Crippen MR) is 111 cm³/mol. The van der Waals surface area contributed by atoms with E-state index in [2.05, 4.69) is 18.8 Å². The third kappa shape index (κ3) is 3.36. The summed E-state index contributed by atoms with van der Waals surface area (Å²) in [5.74, 6) is -1.11. The lowest BCUT2D eigenvalue weighted by Gasteiger charge is -2.32. The second kappa shape index (κ2) is 7.35. The summed E-state index contributed by atoms with van der Waals surface area (Å²) >= 11 is 2.52. The Kier molecular flexibility index (Phi) is 5.03. The van der Waals surface area contributed by atoms with Gasteiger partial charge in [-0.1, -0.05) is 36.9 Å². The number of aliphatic carboxylic acids is 1. The van der Waals surface area contributed by atoms with Crippen LogP contribution in [0.3, 0.4) is 0 Å². The van der Waals surface area contributed by atoms with Crippen molar-refractivity contribution in [3.63, 3.8) is 0 Å². The van der Waals surface area contributed by atoms with E-state index in [4.69, 9.17) is 9.84 Å². The molecule has 3 heterocycles. The first-order valence-electron chi connectivity index (χ1n) is 9.03. The molecule has 3 aromatic rings. The Bertz CT molecular complexity index is 1110. The van der Waals surface area contributed by atoms with E-state index >= 15 is 0 Å². The molecule has 2 aromatic heterocycles. The van der Waals surface area contributed by atoms with Crippen molar-refractivity contribution in [2.45, 2.75) is 44.1 Å². The first kappa shape index (κ1) is 19.2. The second-order valence-electron chi connectivity index (χ2n) is 7.01. The van der Waals surface area contributed by atoms with E-state index in [1.54, 1.807) is 0 Å². The number of fused-ring (bicyclic) bond motifs is 3. The first-order chi connectivity index (χ1) is 13.4. The molecule has 0 saturated carbocycles. The van der Waals surface area contributed by atoms with Crippen LogP contribution in [0, 0.1) is 0 Å². The Balaban J connectivity index is 1.95. The minimum absolute atomic E-state index is 0.151. The number of aromatic nitrogens is 2. The number of hydrogen-bond acceptors (Lipinski definition) is 6. The van der Waals surface area contributed by atoms with Gasteiger partial charge in [-0.25, -0.2) is 4.98 Å². The molecule has 0 amide bonds. The molecule has 1 N–H and O–H groups in total. The lowest BCUT2D eigenvalue weighted by molar-refractivity contribution is -0.133. The molecular weight excluding hydrogens is 396 g/mol. The highest BCUT2D eigenvalue weighted by Crippen LogP contribution is 2.39. The Morgan fingerprint density at radius 1 is 1.39 bits per heavy atom. The van der Waals surface area contributed by atoms with Gasteiger partial charge in [-0.15, -0.1) is 11.3 Å². The van der Waals surface area contributed by atoms with Gasteiger partial charge in [0.1, 0.15) is 4.83 Å². The molecule has 0 aliphatic carbocycles. The fourth-order valence-corrected chi connectivity index (χ4v) is 5.23. The Hall–Kier alpha value is -2.16. The summed E-state index contributed by atoms with van der Waals surface area (Å²) in [6.45, 7) is 4.63. The van der Waals surface area contributed by atoms with E-state index in [1.165, 1.54) is 15.9 Å². The normalized spacial score (nSPS) is 18.9. The van der Waals surface area contributed by atoms with Crippen molar-refractivity contribution >= 4 is 39.3 Å². The van der Waals surface area contributed by atoms with Crippen LogP contribution in [0.2, 0.25) is 0 Å². The van der Waals surface area contributed by atoms with Gasteiger partial charge in [-0.2, -0.15) is 0 Å². The molecule has 1 aliphatic heterocycles. The number of carboxylic acids is 1. The van der Waals surface area contributed by atoms with Gasteiger partial charge in [0.2, 0.25) is 0 Å². The monoisotopic (exact) mass is 416 g/mol. The van der Waals surface area contributed by atoms with Crippen molar-refractivity contribution in [1.29, 1.82) is 0 Å². The topological polar surface area (TPSA) is 81.4 Å². The molecule has 0 radical (unpaired) electrons. The number of hydrogen-bond donors (Lipinski definition) is 1. The van der Waals surface area contributed by atoms with Gasteiger partial charge in [-0.05, 0) is 31.0 Å². The number of carboxylic acid groups (broad SMARTS) is 1. The van der Waals surface area contributed by atoms with Crippen LogP contribution in [-0.4, -0.2) is 32.0 Å². The zero-order valence-corrected chi connectivity index (χ0v) is 17.2. The molecule has 0 saturated heterocycles. The summed E-state index contributed by atoms with van der Waals surface area (Å²) in [7, 11) is 0. The smallest absolute Gasteiger partial charge is 0.313 e. The summed E-state index contributed by atoms with van der Waals surface area (Å²) < 4.78 is 7.55. The number of nitrogens with zero attached hydrogens (tertiary/aromatic N) is 2. The highest BCUT2D eigenvalue weighted by atomic mass is 32.2. The first-order valence-corrected chi connectivity index (χ1v) is 10.8. The van der Waals surface area contributed by atoms with Crippen LogP contribution in [0.25, 0.3) is 15.9 Å². The van der Waals surface area contributed by atoms with Crippen LogP contribution in [0.5, 0.6) is 0 Å². The molecule has 1 unspecified atom stereocenters. The van der Waals surface area contributed by atoms with E-state index in [0.717, 1.165) is 28.6 Å². The van der Waals surface area contributed by atoms with Crippen molar-refractivity contribution in [2.24, 2.45) is 0 Å². The molecule has 4 rings (SSSR count). The van der Waals surface area contributed by atoms with E-state index < -0.39 is 5.97 Å². The molecule has 0 fully saturated rings. The zero-order valence-electron chi connectivity index (χ0n) is 15.6. The summed E-state index contributed by atoms with van der Waals surface area (Å²) in [4.78, 5) is 31.0. The summed E-state index contributed by atoms with van der Waals surface area (Å²) in [5, 5.41) is 10.1. The predicted octanol–water partition coefficient (Wildman–Crippen LogP) is 3.87. The molecule has 0 spiro atoms. The quantitative estimate of drug-likeness (QED) is 0.502. The Morgan fingerprint density at radius 3 is 2.82 bits per heavy atom. The van der Waals surface area contributed by atoms with Crippen molar-refractivity contribution in [2.75, 3.05) is 5.75 Å². The summed E-state index contributed by atoms with van der Waals surface area (Å²) in [6, 6.07) is 9.24. The van der Waals surface area contributed by atoms with Crippen LogP contribution >= 0.6 is 23.1 Å². The molecule has 146 valence electrons. The number of thiophene rings is 1. The summed E-state index contributed by atoms with van der Waals surface area (Å²) in [5.41, 5.74) is 1.26. The maximum atomic E-state index is 13.6. The van der Waals surface area contributed by atoms with Gasteiger partial charge in [0.15, 0.2) is 5.16 Å². The zero-order chi connectivity index (χ0) is 19.9. The van der Waals surface area contributed by atoms with E-state index in [0.29, 0.717) is 34.1 Å². The number of rotatable bonds is 5. The van der Waals surface area contributed by atoms with Gasteiger partial charge in [0, 0.05) is 11.3 Å². The third-order valence-electron chi connectivity index (χ3n) is 5.07. The maximum absolute atomic E-state index is 13.6. The van der Waals surface area contributed by atoms with Crippen LogP contribution < -0.4 is 5.56 Å². The number of carbonyl (C=O) groups is 1. The molecule has 28 heavy (non-hydrogen) atoms. The van der Waals surface area contributed by atoms with Gasteiger partial charge >= 0.3 is 5.97 Å². The van der Waals surface area contributed by atoms with Crippen LogP contribution in [0.15, 0.2) is 40.3 Å². The SMILES string of the molecule is CCC1(C)Cc2c(sc3nc(SCC(=O)O)n(-c4ccccc4)c(=O)c23)CO1. The second-order valence-corrected chi connectivity index (χ2v) is 9.03. The average Bonchev–Trinajstić information content (AvgIpc) is 3.04.